The highest BCUT2D eigenvalue weighted by Crippen LogP contribution is 2.15. The van der Waals surface area contributed by atoms with Gasteiger partial charge in [-0.05, 0) is 31.9 Å². The lowest BCUT2D eigenvalue weighted by molar-refractivity contribution is 0.0714. The Labute approximate surface area is 99.8 Å². The smallest absolute Gasteiger partial charge is 0.255 e. The van der Waals surface area contributed by atoms with E-state index in [2.05, 4.69) is 10.2 Å². The standard InChI is InChI=1S/C12H15N3O2/c1-9-2-3-10(8-13-9)12(16)15-6-4-11(14-17)5-7-15/h2-3,8,11H,4-7H2,1H3. The fourth-order valence-electron chi connectivity index (χ4n) is 1.95. The average molecular weight is 233 g/mol. The van der Waals surface area contributed by atoms with Gasteiger partial charge < -0.3 is 4.90 Å². The summed E-state index contributed by atoms with van der Waals surface area (Å²) in [6.07, 6.45) is 2.92. The third-order valence-electron chi connectivity index (χ3n) is 3.06. The summed E-state index contributed by atoms with van der Waals surface area (Å²) in [6.45, 7) is 3.09. The summed E-state index contributed by atoms with van der Waals surface area (Å²) in [6, 6.07) is 3.48. The number of nitrogens with zero attached hydrogens (tertiary/aromatic N) is 3. The molecule has 0 saturated carbocycles. The number of aryl methyl sites for hydroxylation is 1. The number of aromatic nitrogens is 1. The summed E-state index contributed by atoms with van der Waals surface area (Å²) in [4.78, 5) is 28.3. The van der Waals surface area contributed by atoms with Gasteiger partial charge in [-0.25, -0.2) is 0 Å². The van der Waals surface area contributed by atoms with E-state index in [0.717, 1.165) is 5.69 Å². The van der Waals surface area contributed by atoms with Crippen LogP contribution in [0.4, 0.5) is 0 Å². The topological polar surface area (TPSA) is 62.6 Å². The van der Waals surface area contributed by atoms with Gasteiger partial charge in [-0.1, -0.05) is 5.18 Å². The van der Waals surface area contributed by atoms with Gasteiger partial charge in [-0.3, -0.25) is 9.78 Å². The Bertz CT molecular complexity index is 408. The SMILES string of the molecule is Cc1ccc(C(=O)N2CCC(N=O)CC2)cn1. The summed E-state index contributed by atoms with van der Waals surface area (Å²) < 4.78 is 0. The molecule has 2 heterocycles. The van der Waals surface area contributed by atoms with Crippen molar-refractivity contribution in [3.63, 3.8) is 0 Å². The molecule has 0 aromatic carbocycles. The lowest BCUT2D eigenvalue weighted by atomic mass is 10.1. The van der Waals surface area contributed by atoms with Crippen LogP contribution in [0.25, 0.3) is 0 Å². The van der Waals surface area contributed by atoms with Crippen molar-refractivity contribution < 1.29 is 4.79 Å². The lowest BCUT2D eigenvalue weighted by Crippen LogP contribution is -2.39. The van der Waals surface area contributed by atoms with E-state index in [1.165, 1.54) is 0 Å². The highest BCUT2D eigenvalue weighted by Gasteiger charge is 2.23. The second-order valence-electron chi connectivity index (χ2n) is 4.32. The number of hydrogen-bond acceptors (Lipinski definition) is 4. The zero-order valence-corrected chi connectivity index (χ0v) is 9.80. The van der Waals surface area contributed by atoms with Crippen LogP contribution in [-0.2, 0) is 0 Å². The van der Waals surface area contributed by atoms with Crippen LogP contribution < -0.4 is 0 Å². The molecule has 2 rings (SSSR count). The molecule has 1 saturated heterocycles. The van der Waals surface area contributed by atoms with Crippen LogP contribution in [0.1, 0.15) is 28.9 Å². The maximum Gasteiger partial charge on any atom is 0.255 e. The average Bonchev–Trinajstić information content (AvgIpc) is 2.39. The Morgan fingerprint density at radius 3 is 2.65 bits per heavy atom. The van der Waals surface area contributed by atoms with Gasteiger partial charge >= 0.3 is 0 Å². The van der Waals surface area contributed by atoms with Crippen molar-refractivity contribution in [2.24, 2.45) is 5.18 Å². The van der Waals surface area contributed by atoms with Crippen molar-refractivity contribution in [1.82, 2.24) is 9.88 Å². The molecule has 1 aromatic rings. The first-order valence-electron chi connectivity index (χ1n) is 5.75. The normalized spacial score (nSPS) is 16.9. The van der Waals surface area contributed by atoms with Gasteiger partial charge in [-0.15, -0.1) is 0 Å². The summed E-state index contributed by atoms with van der Waals surface area (Å²) >= 11 is 0. The van der Waals surface area contributed by atoms with Crippen molar-refractivity contribution >= 4 is 5.91 Å². The van der Waals surface area contributed by atoms with E-state index in [4.69, 9.17) is 0 Å². The Balaban J connectivity index is 2.01. The molecule has 1 aliphatic heterocycles. The van der Waals surface area contributed by atoms with Gasteiger partial charge in [0.25, 0.3) is 5.91 Å². The first-order valence-corrected chi connectivity index (χ1v) is 5.75. The molecule has 5 nitrogen and oxygen atoms in total. The minimum atomic E-state index is -0.129. The van der Waals surface area contributed by atoms with E-state index >= 15 is 0 Å². The molecule has 0 aliphatic carbocycles. The van der Waals surface area contributed by atoms with Crippen LogP contribution >= 0.6 is 0 Å². The molecule has 90 valence electrons. The number of pyridine rings is 1. The molecule has 1 aromatic heterocycles. The third kappa shape index (κ3) is 2.67. The van der Waals surface area contributed by atoms with Crippen LogP contribution in [-0.4, -0.2) is 34.9 Å². The second kappa shape index (κ2) is 5.03. The molecular formula is C12H15N3O2. The number of rotatable bonds is 2. The van der Waals surface area contributed by atoms with Gasteiger partial charge in [0, 0.05) is 25.0 Å². The summed E-state index contributed by atoms with van der Waals surface area (Å²) in [5.74, 6) is -0.0122. The van der Waals surface area contributed by atoms with Crippen LogP contribution in [0, 0.1) is 11.8 Å². The zero-order chi connectivity index (χ0) is 12.3. The van der Waals surface area contributed by atoms with E-state index in [-0.39, 0.29) is 11.9 Å². The molecule has 0 unspecified atom stereocenters. The van der Waals surface area contributed by atoms with Gasteiger partial charge in [0.05, 0.1) is 11.6 Å². The quantitative estimate of drug-likeness (QED) is 0.731. The molecule has 0 N–H and O–H groups in total. The molecule has 0 radical (unpaired) electrons. The number of carbonyl (C=O) groups is 1. The molecule has 5 heteroatoms. The van der Waals surface area contributed by atoms with Crippen LogP contribution in [0.2, 0.25) is 0 Å². The van der Waals surface area contributed by atoms with E-state index in [0.29, 0.717) is 31.5 Å². The van der Waals surface area contributed by atoms with Crippen molar-refractivity contribution in [1.29, 1.82) is 0 Å². The molecule has 0 bridgehead atoms. The molecular weight excluding hydrogens is 218 g/mol. The monoisotopic (exact) mass is 233 g/mol. The largest absolute Gasteiger partial charge is 0.338 e. The van der Waals surface area contributed by atoms with E-state index in [1.54, 1.807) is 17.2 Å². The minimum Gasteiger partial charge on any atom is -0.338 e. The van der Waals surface area contributed by atoms with Gasteiger partial charge in [0.2, 0.25) is 0 Å². The number of nitroso groups, excluding NO2 is 1. The number of hydrogen-bond donors (Lipinski definition) is 0. The Kier molecular flexibility index (Phi) is 3.46. The van der Waals surface area contributed by atoms with Gasteiger partial charge in [0.1, 0.15) is 0 Å². The Morgan fingerprint density at radius 2 is 2.12 bits per heavy atom. The van der Waals surface area contributed by atoms with Gasteiger partial charge in [-0.2, -0.15) is 4.91 Å². The summed E-state index contributed by atoms with van der Waals surface area (Å²) in [5, 5.41) is 3.03. The highest BCUT2D eigenvalue weighted by molar-refractivity contribution is 5.93. The summed E-state index contributed by atoms with van der Waals surface area (Å²) in [7, 11) is 0. The predicted molar refractivity (Wildman–Crippen MR) is 63.7 cm³/mol. The van der Waals surface area contributed by atoms with Crippen LogP contribution in [0.5, 0.6) is 0 Å². The number of amides is 1. The molecule has 0 spiro atoms. The fraction of sp³-hybridized carbons (Fsp3) is 0.500. The maximum atomic E-state index is 12.1. The van der Waals surface area contributed by atoms with E-state index < -0.39 is 0 Å². The summed E-state index contributed by atoms with van der Waals surface area (Å²) in [5.41, 5.74) is 1.50. The molecule has 1 fully saturated rings. The van der Waals surface area contributed by atoms with Crippen molar-refractivity contribution in [3.05, 3.63) is 34.5 Å². The lowest BCUT2D eigenvalue weighted by Gasteiger charge is -2.28. The van der Waals surface area contributed by atoms with Crippen LogP contribution in [0.15, 0.2) is 23.5 Å². The second-order valence-corrected chi connectivity index (χ2v) is 4.32. The Hall–Kier alpha value is -1.78. The zero-order valence-electron chi connectivity index (χ0n) is 9.80. The maximum absolute atomic E-state index is 12.1. The van der Waals surface area contributed by atoms with Crippen molar-refractivity contribution in [3.8, 4) is 0 Å². The van der Waals surface area contributed by atoms with E-state index in [9.17, 15) is 9.70 Å². The molecule has 0 atom stereocenters. The van der Waals surface area contributed by atoms with Crippen molar-refractivity contribution in [2.45, 2.75) is 25.8 Å². The highest BCUT2D eigenvalue weighted by atomic mass is 16.3. The Morgan fingerprint density at radius 1 is 1.41 bits per heavy atom. The number of carbonyl (C=O) groups excluding carboxylic acids is 1. The fourth-order valence-corrected chi connectivity index (χ4v) is 1.95. The molecule has 1 aliphatic rings. The minimum absolute atomic E-state index is 0.0122. The first-order chi connectivity index (χ1) is 8.20. The van der Waals surface area contributed by atoms with E-state index in [1.807, 2.05) is 13.0 Å². The number of likely N-dealkylation sites (tertiary alicyclic amines) is 1. The van der Waals surface area contributed by atoms with Gasteiger partial charge in [0.15, 0.2) is 0 Å². The molecule has 1 amide bonds. The van der Waals surface area contributed by atoms with Crippen LogP contribution in [0.3, 0.4) is 0 Å². The predicted octanol–water partition coefficient (Wildman–Crippen LogP) is 1.76. The van der Waals surface area contributed by atoms with Crippen molar-refractivity contribution in [2.75, 3.05) is 13.1 Å². The first kappa shape index (κ1) is 11.7. The molecule has 17 heavy (non-hydrogen) atoms. The number of piperidine rings is 1. The third-order valence-corrected chi connectivity index (χ3v) is 3.06.